The molecular formula is C8H15NOS. The lowest BCUT2D eigenvalue weighted by molar-refractivity contribution is -0.121. The molecule has 0 spiro atoms. The van der Waals surface area contributed by atoms with Crippen LogP contribution in [0.4, 0.5) is 0 Å². The Balaban J connectivity index is 2.47. The summed E-state index contributed by atoms with van der Waals surface area (Å²) in [5.74, 6) is 1.82. The van der Waals surface area contributed by atoms with Crippen LogP contribution in [-0.2, 0) is 4.79 Å². The molecule has 1 aliphatic rings. The highest BCUT2D eigenvalue weighted by Crippen LogP contribution is 2.24. The molecule has 1 rings (SSSR count). The number of hydrogen-bond donors (Lipinski definition) is 1. The van der Waals surface area contributed by atoms with Crippen LogP contribution in [0.5, 0.6) is 0 Å². The van der Waals surface area contributed by atoms with Gasteiger partial charge in [0, 0.05) is 12.3 Å². The number of nitrogens with one attached hydrogen (secondary N) is 1. The van der Waals surface area contributed by atoms with E-state index in [9.17, 15) is 4.79 Å². The topological polar surface area (TPSA) is 29.1 Å². The Labute approximate surface area is 72.1 Å². The number of hydrogen-bond acceptors (Lipinski definition) is 2. The molecule has 0 aromatic rings. The van der Waals surface area contributed by atoms with Gasteiger partial charge >= 0.3 is 0 Å². The Bertz CT molecular complexity index is 149. The first-order chi connectivity index (χ1) is 5.25. The first-order valence-corrected chi connectivity index (χ1v) is 5.20. The van der Waals surface area contributed by atoms with Crippen LogP contribution in [0, 0.1) is 5.92 Å². The fourth-order valence-electron chi connectivity index (χ4n) is 1.17. The summed E-state index contributed by atoms with van der Waals surface area (Å²) in [7, 11) is 0. The monoisotopic (exact) mass is 173 g/mol. The Morgan fingerprint density at radius 1 is 1.82 bits per heavy atom. The first-order valence-electron chi connectivity index (χ1n) is 4.15. The largest absolute Gasteiger partial charge is 0.354 e. The smallest absolute Gasteiger partial charge is 0.233 e. The Kier molecular flexibility index (Phi) is 3.24. The molecule has 3 heteroatoms. The highest BCUT2D eigenvalue weighted by molar-refractivity contribution is 8.00. The molecule has 2 nitrogen and oxygen atoms in total. The lowest BCUT2D eigenvalue weighted by atomic mass is 10.0. The van der Waals surface area contributed by atoms with Crippen LogP contribution in [0.3, 0.4) is 0 Å². The fourth-order valence-corrected chi connectivity index (χ4v) is 2.40. The molecule has 0 radical (unpaired) electrons. The van der Waals surface area contributed by atoms with Gasteiger partial charge in [0.25, 0.3) is 0 Å². The van der Waals surface area contributed by atoms with Gasteiger partial charge in [0.15, 0.2) is 0 Å². The number of carbonyl (C=O) groups is 1. The second-order valence-corrected chi connectivity index (χ2v) is 4.22. The molecule has 1 N–H and O–H groups in total. The molecule has 0 bridgehead atoms. The maximum absolute atomic E-state index is 11.3. The van der Waals surface area contributed by atoms with E-state index in [-0.39, 0.29) is 11.2 Å². The van der Waals surface area contributed by atoms with Gasteiger partial charge in [-0.1, -0.05) is 20.3 Å². The summed E-state index contributed by atoms with van der Waals surface area (Å²) in [5, 5.41) is 3.09. The van der Waals surface area contributed by atoms with Crippen LogP contribution in [0.1, 0.15) is 20.3 Å². The lowest BCUT2D eigenvalue weighted by Gasteiger charge is -2.25. The third-order valence-corrected chi connectivity index (χ3v) is 3.60. The predicted molar refractivity (Wildman–Crippen MR) is 48.7 cm³/mol. The standard InChI is InChI=1S/C8H15NOS/c1-3-6(2)7-8(10)9-4-5-11-7/h6-7H,3-5H2,1-2H3,(H,9,10). The van der Waals surface area contributed by atoms with Crippen molar-refractivity contribution < 1.29 is 4.79 Å². The molecule has 1 saturated heterocycles. The van der Waals surface area contributed by atoms with Gasteiger partial charge in [0.2, 0.25) is 5.91 Å². The number of carbonyl (C=O) groups excluding carboxylic acids is 1. The molecule has 2 atom stereocenters. The Hall–Kier alpha value is -0.180. The van der Waals surface area contributed by atoms with Gasteiger partial charge in [0.05, 0.1) is 5.25 Å². The van der Waals surface area contributed by atoms with E-state index in [4.69, 9.17) is 0 Å². The SMILES string of the molecule is CCC(C)C1SCCNC1=O. The molecule has 1 fully saturated rings. The third kappa shape index (κ3) is 2.12. The molecule has 1 amide bonds. The van der Waals surface area contributed by atoms with Crippen LogP contribution >= 0.6 is 11.8 Å². The number of thioether (sulfide) groups is 1. The minimum Gasteiger partial charge on any atom is -0.354 e. The molecule has 0 aromatic carbocycles. The molecular weight excluding hydrogens is 158 g/mol. The van der Waals surface area contributed by atoms with E-state index in [1.807, 2.05) is 0 Å². The van der Waals surface area contributed by atoms with Gasteiger partial charge in [0.1, 0.15) is 0 Å². The molecule has 1 heterocycles. The average molecular weight is 173 g/mol. The molecule has 0 aromatic heterocycles. The molecule has 64 valence electrons. The second kappa shape index (κ2) is 4.00. The zero-order chi connectivity index (χ0) is 8.27. The van der Waals surface area contributed by atoms with Crippen molar-refractivity contribution >= 4 is 17.7 Å². The molecule has 0 aliphatic carbocycles. The summed E-state index contributed by atoms with van der Waals surface area (Å²) >= 11 is 1.79. The van der Waals surface area contributed by atoms with Crippen molar-refractivity contribution in [3.63, 3.8) is 0 Å². The van der Waals surface area contributed by atoms with Gasteiger partial charge in [-0.2, -0.15) is 0 Å². The Morgan fingerprint density at radius 3 is 3.09 bits per heavy atom. The van der Waals surface area contributed by atoms with Crippen LogP contribution in [-0.4, -0.2) is 23.5 Å². The van der Waals surface area contributed by atoms with Gasteiger partial charge in [-0.05, 0) is 5.92 Å². The van der Waals surface area contributed by atoms with E-state index in [1.54, 1.807) is 11.8 Å². The van der Waals surface area contributed by atoms with Gasteiger partial charge in [-0.25, -0.2) is 0 Å². The quantitative estimate of drug-likeness (QED) is 0.681. The van der Waals surface area contributed by atoms with Crippen LogP contribution in [0.2, 0.25) is 0 Å². The summed E-state index contributed by atoms with van der Waals surface area (Å²) in [6.45, 7) is 5.12. The Morgan fingerprint density at radius 2 is 2.55 bits per heavy atom. The first kappa shape index (κ1) is 8.91. The van der Waals surface area contributed by atoms with Crippen molar-refractivity contribution in [2.24, 2.45) is 5.92 Å². The van der Waals surface area contributed by atoms with Crippen LogP contribution < -0.4 is 5.32 Å². The van der Waals surface area contributed by atoms with Crippen molar-refractivity contribution in [3.8, 4) is 0 Å². The third-order valence-electron chi connectivity index (χ3n) is 2.12. The van der Waals surface area contributed by atoms with Crippen LogP contribution in [0.25, 0.3) is 0 Å². The maximum Gasteiger partial charge on any atom is 0.233 e. The van der Waals surface area contributed by atoms with Crippen LogP contribution in [0.15, 0.2) is 0 Å². The maximum atomic E-state index is 11.3. The van der Waals surface area contributed by atoms with Gasteiger partial charge < -0.3 is 5.32 Å². The minimum atomic E-state index is 0.203. The normalized spacial score (nSPS) is 27.8. The molecule has 1 aliphatic heterocycles. The fraction of sp³-hybridized carbons (Fsp3) is 0.875. The minimum absolute atomic E-state index is 0.203. The zero-order valence-corrected chi connectivity index (χ0v) is 7.91. The summed E-state index contributed by atoms with van der Waals surface area (Å²) in [4.78, 5) is 11.3. The van der Waals surface area contributed by atoms with E-state index in [0.29, 0.717) is 5.92 Å². The summed E-state index contributed by atoms with van der Waals surface area (Å²) in [6, 6.07) is 0. The van der Waals surface area contributed by atoms with E-state index in [0.717, 1.165) is 18.7 Å². The number of rotatable bonds is 2. The summed E-state index contributed by atoms with van der Waals surface area (Å²) in [5.41, 5.74) is 0. The van der Waals surface area contributed by atoms with Gasteiger partial charge in [-0.15, -0.1) is 11.8 Å². The number of amides is 1. The van der Waals surface area contributed by atoms with Gasteiger partial charge in [-0.3, -0.25) is 4.79 Å². The summed E-state index contributed by atoms with van der Waals surface area (Å²) < 4.78 is 0. The average Bonchev–Trinajstić information content (AvgIpc) is 2.04. The molecule has 2 unspecified atom stereocenters. The van der Waals surface area contributed by atoms with Crippen molar-refractivity contribution in [2.45, 2.75) is 25.5 Å². The second-order valence-electron chi connectivity index (χ2n) is 2.97. The van der Waals surface area contributed by atoms with Crippen molar-refractivity contribution in [2.75, 3.05) is 12.3 Å². The molecule has 0 saturated carbocycles. The van der Waals surface area contributed by atoms with Crippen molar-refractivity contribution in [1.29, 1.82) is 0 Å². The van der Waals surface area contributed by atoms with E-state index in [2.05, 4.69) is 19.2 Å². The van der Waals surface area contributed by atoms with Crippen molar-refractivity contribution in [1.82, 2.24) is 5.32 Å². The van der Waals surface area contributed by atoms with E-state index < -0.39 is 0 Å². The summed E-state index contributed by atoms with van der Waals surface area (Å²) in [6.07, 6.45) is 1.09. The molecule has 11 heavy (non-hydrogen) atoms. The van der Waals surface area contributed by atoms with Crippen molar-refractivity contribution in [3.05, 3.63) is 0 Å². The highest BCUT2D eigenvalue weighted by atomic mass is 32.2. The zero-order valence-electron chi connectivity index (χ0n) is 7.09. The van der Waals surface area contributed by atoms with E-state index in [1.165, 1.54) is 0 Å². The highest BCUT2D eigenvalue weighted by Gasteiger charge is 2.26. The lowest BCUT2D eigenvalue weighted by Crippen LogP contribution is -2.42. The van der Waals surface area contributed by atoms with E-state index >= 15 is 0 Å². The predicted octanol–water partition coefficient (Wildman–Crippen LogP) is 1.26.